The molecule has 0 bridgehead atoms. The third kappa shape index (κ3) is 6.52. The molecule has 0 rings (SSSR count). The molecule has 0 aliphatic carbocycles. The molecule has 98 valence electrons. The van der Waals surface area contributed by atoms with Crippen LogP contribution in [0.25, 0.3) is 0 Å². The average Bonchev–Trinajstić information content (AvgIpc) is 2.23. The molecule has 2 amide bonds. The van der Waals surface area contributed by atoms with Crippen LogP contribution in [0.1, 0.15) is 20.8 Å². The highest BCUT2D eigenvalue weighted by Gasteiger charge is 2.20. The second kappa shape index (κ2) is 7.61. The van der Waals surface area contributed by atoms with Gasteiger partial charge in [0.1, 0.15) is 6.04 Å². The van der Waals surface area contributed by atoms with Gasteiger partial charge in [-0.15, -0.1) is 0 Å². The predicted molar refractivity (Wildman–Crippen MR) is 61.4 cm³/mol. The van der Waals surface area contributed by atoms with Crippen molar-refractivity contribution in [3.63, 3.8) is 0 Å². The van der Waals surface area contributed by atoms with E-state index in [1.807, 2.05) is 0 Å². The summed E-state index contributed by atoms with van der Waals surface area (Å²) in [6, 6.07) is -1.55. The zero-order valence-electron chi connectivity index (χ0n) is 10.2. The number of hydrogen-bond donors (Lipinski definition) is 4. The zero-order chi connectivity index (χ0) is 13.4. The number of aliphatic carboxylic acids is 1. The number of carbonyl (C=O) groups is 3. The number of nitrogens with one attached hydrogen (secondary N) is 3. The summed E-state index contributed by atoms with van der Waals surface area (Å²) < 4.78 is 0. The lowest BCUT2D eigenvalue weighted by Gasteiger charge is -2.17. The van der Waals surface area contributed by atoms with Gasteiger partial charge in [-0.25, -0.2) is 4.79 Å². The molecule has 0 aliphatic heterocycles. The van der Waals surface area contributed by atoms with Crippen molar-refractivity contribution in [2.45, 2.75) is 32.9 Å². The van der Waals surface area contributed by atoms with Crippen LogP contribution in [0.2, 0.25) is 0 Å². The first-order valence-electron chi connectivity index (χ1n) is 5.39. The summed E-state index contributed by atoms with van der Waals surface area (Å²) in [6.45, 7) is 5.16. The van der Waals surface area contributed by atoms with Gasteiger partial charge < -0.3 is 21.1 Å². The molecule has 0 aliphatic rings. The van der Waals surface area contributed by atoms with E-state index in [0.717, 1.165) is 0 Å². The summed E-state index contributed by atoms with van der Waals surface area (Å²) in [5.41, 5.74) is 0. The van der Waals surface area contributed by atoms with Gasteiger partial charge in [-0.1, -0.05) is 0 Å². The van der Waals surface area contributed by atoms with Crippen molar-refractivity contribution >= 4 is 17.8 Å². The second-order valence-corrected chi connectivity index (χ2v) is 3.62. The third-order valence-electron chi connectivity index (χ3n) is 2.05. The van der Waals surface area contributed by atoms with Gasteiger partial charge in [0.2, 0.25) is 11.8 Å². The van der Waals surface area contributed by atoms with E-state index in [2.05, 4.69) is 16.0 Å². The van der Waals surface area contributed by atoms with Gasteiger partial charge in [0.15, 0.2) is 0 Å². The monoisotopic (exact) mass is 245 g/mol. The highest BCUT2D eigenvalue weighted by molar-refractivity contribution is 5.83. The van der Waals surface area contributed by atoms with Crippen molar-refractivity contribution in [3.05, 3.63) is 0 Å². The maximum absolute atomic E-state index is 11.3. The van der Waals surface area contributed by atoms with Gasteiger partial charge in [0.25, 0.3) is 0 Å². The van der Waals surface area contributed by atoms with Crippen molar-refractivity contribution in [3.8, 4) is 0 Å². The Labute approximate surface area is 100.0 Å². The van der Waals surface area contributed by atoms with Crippen LogP contribution in [-0.2, 0) is 14.4 Å². The fraction of sp³-hybridized carbons (Fsp3) is 0.700. The lowest BCUT2D eigenvalue weighted by atomic mass is 10.2. The number of carboxylic acids is 1. The van der Waals surface area contributed by atoms with Gasteiger partial charge in [-0.05, 0) is 13.8 Å². The number of carbonyl (C=O) groups excluding carboxylic acids is 2. The minimum atomic E-state index is -1.14. The summed E-state index contributed by atoms with van der Waals surface area (Å²) in [5, 5.41) is 16.4. The van der Waals surface area contributed by atoms with Gasteiger partial charge in [0, 0.05) is 20.0 Å². The topological polar surface area (TPSA) is 108 Å². The molecule has 0 aromatic rings. The van der Waals surface area contributed by atoms with Gasteiger partial charge in [-0.3, -0.25) is 9.59 Å². The molecular weight excluding hydrogens is 226 g/mol. The van der Waals surface area contributed by atoms with Crippen molar-refractivity contribution < 1.29 is 19.5 Å². The Hall–Kier alpha value is -1.63. The Balaban J connectivity index is 4.16. The predicted octanol–water partition coefficient (Wildman–Crippen LogP) is -1.31. The summed E-state index contributed by atoms with van der Waals surface area (Å²) in [5.74, 6) is -1.78. The molecule has 0 spiro atoms. The summed E-state index contributed by atoms with van der Waals surface area (Å²) in [6.07, 6.45) is 0. The molecule has 7 nitrogen and oxygen atoms in total. The van der Waals surface area contributed by atoms with Gasteiger partial charge in [-0.2, -0.15) is 0 Å². The first kappa shape index (κ1) is 15.4. The standard InChI is InChI=1S/C10H19N3O4/c1-4-11-9(15)6(2)12-5-8(10(16)17)13-7(3)14/h6,8,12H,4-5H2,1-3H3,(H,11,15)(H,13,14)(H,16,17). The van der Waals surface area contributed by atoms with E-state index in [0.29, 0.717) is 6.54 Å². The van der Waals surface area contributed by atoms with E-state index < -0.39 is 24.0 Å². The maximum atomic E-state index is 11.3. The molecule has 2 atom stereocenters. The van der Waals surface area contributed by atoms with Gasteiger partial charge in [0.05, 0.1) is 6.04 Å². The Morgan fingerprint density at radius 2 is 1.88 bits per heavy atom. The fourth-order valence-electron chi connectivity index (χ4n) is 1.16. The summed E-state index contributed by atoms with van der Waals surface area (Å²) in [7, 11) is 0. The molecule has 0 saturated carbocycles. The Bertz CT molecular complexity index is 293. The van der Waals surface area contributed by atoms with E-state index in [4.69, 9.17) is 5.11 Å². The Morgan fingerprint density at radius 3 is 2.29 bits per heavy atom. The van der Waals surface area contributed by atoms with Crippen LogP contribution in [-0.4, -0.2) is 48.1 Å². The Morgan fingerprint density at radius 1 is 1.29 bits per heavy atom. The summed E-state index contributed by atoms with van der Waals surface area (Å²) >= 11 is 0. The normalized spacial score (nSPS) is 13.6. The average molecular weight is 245 g/mol. The highest BCUT2D eigenvalue weighted by Crippen LogP contribution is 1.87. The third-order valence-corrected chi connectivity index (χ3v) is 2.05. The van der Waals surface area contributed by atoms with E-state index >= 15 is 0 Å². The molecule has 2 unspecified atom stereocenters. The van der Waals surface area contributed by atoms with Crippen molar-refractivity contribution in [1.29, 1.82) is 0 Å². The number of likely N-dealkylation sites (N-methyl/N-ethyl adjacent to an activating group) is 1. The molecule has 0 aromatic carbocycles. The van der Waals surface area contributed by atoms with Crippen LogP contribution in [0.3, 0.4) is 0 Å². The van der Waals surface area contributed by atoms with Gasteiger partial charge >= 0.3 is 5.97 Å². The van der Waals surface area contributed by atoms with E-state index in [1.165, 1.54) is 6.92 Å². The molecule has 17 heavy (non-hydrogen) atoms. The van der Waals surface area contributed by atoms with Crippen LogP contribution < -0.4 is 16.0 Å². The lowest BCUT2D eigenvalue weighted by Crippen LogP contribution is -2.51. The second-order valence-electron chi connectivity index (χ2n) is 3.62. The molecule has 0 fully saturated rings. The first-order chi connectivity index (χ1) is 7.88. The van der Waals surface area contributed by atoms with E-state index in [-0.39, 0.29) is 12.5 Å². The molecule has 0 saturated heterocycles. The molecule has 7 heteroatoms. The largest absolute Gasteiger partial charge is 0.480 e. The summed E-state index contributed by atoms with van der Waals surface area (Å²) in [4.78, 5) is 32.9. The number of carboxylic acid groups (broad SMARTS) is 1. The number of amides is 2. The minimum Gasteiger partial charge on any atom is -0.480 e. The molecule has 0 heterocycles. The van der Waals surface area contributed by atoms with Crippen LogP contribution in [0.4, 0.5) is 0 Å². The molecule has 0 radical (unpaired) electrons. The number of hydrogen-bond acceptors (Lipinski definition) is 4. The molecule has 4 N–H and O–H groups in total. The van der Waals surface area contributed by atoms with Crippen LogP contribution in [0.15, 0.2) is 0 Å². The van der Waals surface area contributed by atoms with Crippen LogP contribution >= 0.6 is 0 Å². The SMILES string of the molecule is CCNC(=O)C(C)NCC(NC(C)=O)C(=O)O. The fourth-order valence-corrected chi connectivity index (χ4v) is 1.16. The highest BCUT2D eigenvalue weighted by atomic mass is 16.4. The smallest absolute Gasteiger partial charge is 0.327 e. The van der Waals surface area contributed by atoms with Crippen LogP contribution in [0, 0.1) is 0 Å². The van der Waals surface area contributed by atoms with Crippen molar-refractivity contribution in [2.24, 2.45) is 0 Å². The Kier molecular flexibility index (Phi) is 6.88. The van der Waals surface area contributed by atoms with Crippen molar-refractivity contribution in [1.82, 2.24) is 16.0 Å². The number of rotatable bonds is 7. The minimum absolute atomic E-state index is 0.00673. The molecule has 0 aromatic heterocycles. The maximum Gasteiger partial charge on any atom is 0.327 e. The van der Waals surface area contributed by atoms with Crippen molar-refractivity contribution in [2.75, 3.05) is 13.1 Å². The van der Waals surface area contributed by atoms with Crippen LogP contribution in [0.5, 0.6) is 0 Å². The van der Waals surface area contributed by atoms with E-state index in [1.54, 1.807) is 13.8 Å². The lowest BCUT2D eigenvalue weighted by molar-refractivity contribution is -0.141. The quantitative estimate of drug-likeness (QED) is 0.445. The first-order valence-corrected chi connectivity index (χ1v) is 5.39. The molecular formula is C10H19N3O4. The zero-order valence-corrected chi connectivity index (χ0v) is 10.2. The van der Waals surface area contributed by atoms with E-state index in [9.17, 15) is 14.4 Å².